The summed E-state index contributed by atoms with van der Waals surface area (Å²) >= 11 is 0. The van der Waals surface area contributed by atoms with E-state index in [4.69, 9.17) is 4.74 Å². The first-order valence-electron chi connectivity index (χ1n) is 7.02. The van der Waals surface area contributed by atoms with E-state index in [1.807, 2.05) is 24.3 Å². The van der Waals surface area contributed by atoms with E-state index in [1.54, 1.807) is 7.11 Å². The van der Waals surface area contributed by atoms with Crippen molar-refractivity contribution in [3.05, 3.63) is 29.8 Å². The number of hydrogen-bond acceptors (Lipinski definition) is 3. The van der Waals surface area contributed by atoms with Crippen LogP contribution in [0.4, 0.5) is 0 Å². The summed E-state index contributed by atoms with van der Waals surface area (Å²) in [6, 6.07) is 7.64. The van der Waals surface area contributed by atoms with E-state index in [-0.39, 0.29) is 11.3 Å². The molecule has 104 valence electrons. The van der Waals surface area contributed by atoms with Gasteiger partial charge in [-0.25, -0.2) is 0 Å². The van der Waals surface area contributed by atoms with Crippen LogP contribution in [-0.2, 0) is 5.60 Å². The summed E-state index contributed by atoms with van der Waals surface area (Å²) in [5.74, 6) is 0.638. The standard InChI is InChI=1S/C16H22O3/c1-15-8-7-11(13(17)9-15)16(18,10-15)12-5-3-4-6-14(12)19-2/h3-6,11,13,17-18H,7-10H2,1-2H3/t11-,13+,15+,16-/m1/s1. The number of rotatable bonds is 2. The van der Waals surface area contributed by atoms with Gasteiger partial charge in [-0.15, -0.1) is 0 Å². The lowest BCUT2D eigenvalue weighted by Gasteiger charge is -2.56. The lowest BCUT2D eigenvalue weighted by molar-refractivity contribution is -0.185. The van der Waals surface area contributed by atoms with Crippen LogP contribution in [0.5, 0.6) is 5.75 Å². The quantitative estimate of drug-likeness (QED) is 0.860. The Morgan fingerprint density at radius 2 is 2.05 bits per heavy atom. The fraction of sp³-hybridized carbons (Fsp3) is 0.625. The molecule has 3 aliphatic carbocycles. The molecule has 4 atom stereocenters. The number of benzene rings is 1. The number of para-hydroxylation sites is 1. The molecule has 3 heteroatoms. The van der Waals surface area contributed by atoms with Gasteiger partial charge in [-0.1, -0.05) is 25.1 Å². The second kappa shape index (κ2) is 4.22. The summed E-state index contributed by atoms with van der Waals surface area (Å²) in [5.41, 5.74) is -0.103. The number of hydrogen-bond donors (Lipinski definition) is 2. The number of fused-ring (bicyclic) bond motifs is 3. The zero-order valence-corrected chi connectivity index (χ0v) is 11.6. The van der Waals surface area contributed by atoms with Crippen molar-refractivity contribution in [3.8, 4) is 5.75 Å². The zero-order chi connectivity index (χ0) is 13.7. The highest BCUT2D eigenvalue weighted by Gasteiger charge is 2.57. The van der Waals surface area contributed by atoms with Crippen LogP contribution in [0, 0.1) is 11.3 Å². The van der Waals surface area contributed by atoms with Crippen LogP contribution in [0.1, 0.15) is 38.2 Å². The average Bonchev–Trinajstić information content (AvgIpc) is 2.37. The Labute approximate surface area is 114 Å². The lowest BCUT2D eigenvalue weighted by atomic mass is 9.52. The van der Waals surface area contributed by atoms with Crippen LogP contribution in [0.15, 0.2) is 24.3 Å². The van der Waals surface area contributed by atoms with Gasteiger partial charge in [0.2, 0.25) is 0 Å². The molecule has 3 fully saturated rings. The normalized spacial score (nSPS) is 41.3. The summed E-state index contributed by atoms with van der Waals surface area (Å²) in [6.07, 6.45) is 3.07. The van der Waals surface area contributed by atoms with Crippen LogP contribution >= 0.6 is 0 Å². The van der Waals surface area contributed by atoms with Gasteiger partial charge in [0, 0.05) is 11.5 Å². The molecule has 2 bridgehead atoms. The Kier molecular flexibility index (Phi) is 2.88. The third-order valence-corrected chi connectivity index (χ3v) is 5.11. The van der Waals surface area contributed by atoms with Crippen molar-refractivity contribution in [1.82, 2.24) is 0 Å². The molecule has 3 aliphatic rings. The van der Waals surface area contributed by atoms with Crippen LogP contribution in [0.25, 0.3) is 0 Å². The van der Waals surface area contributed by atoms with Crippen LogP contribution in [-0.4, -0.2) is 23.4 Å². The fourth-order valence-corrected chi connectivity index (χ4v) is 4.24. The predicted molar refractivity (Wildman–Crippen MR) is 73.0 cm³/mol. The fourth-order valence-electron chi connectivity index (χ4n) is 4.24. The molecule has 4 rings (SSSR count). The number of methoxy groups -OCH3 is 1. The van der Waals surface area contributed by atoms with Gasteiger partial charge in [-0.2, -0.15) is 0 Å². The van der Waals surface area contributed by atoms with E-state index in [1.165, 1.54) is 0 Å². The van der Waals surface area contributed by atoms with E-state index in [0.29, 0.717) is 12.2 Å². The number of ether oxygens (including phenoxy) is 1. The van der Waals surface area contributed by atoms with Crippen molar-refractivity contribution < 1.29 is 14.9 Å². The maximum absolute atomic E-state index is 11.2. The zero-order valence-electron chi connectivity index (χ0n) is 11.6. The van der Waals surface area contributed by atoms with E-state index in [0.717, 1.165) is 24.8 Å². The molecule has 0 aliphatic heterocycles. The first-order valence-corrected chi connectivity index (χ1v) is 7.02. The third-order valence-electron chi connectivity index (χ3n) is 5.11. The monoisotopic (exact) mass is 262 g/mol. The molecule has 0 saturated heterocycles. The summed E-state index contributed by atoms with van der Waals surface area (Å²) in [7, 11) is 1.63. The minimum Gasteiger partial charge on any atom is -0.496 e. The molecule has 2 N–H and O–H groups in total. The van der Waals surface area contributed by atoms with Crippen LogP contribution < -0.4 is 4.74 Å². The van der Waals surface area contributed by atoms with E-state index >= 15 is 0 Å². The van der Waals surface area contributed by atoms with Gasteiger partial charge >= 0.3 is 0 Å². The van der Waals surface area contributed by atoms with Crippen molar-refractivity contribution in [2.24, 2.45) is 11.3 Å². The molecule has 0 spiro atoms. The Bertz CT molecular complexity index is 487. The Morgan fingerprint density at radius 1 is 1.32 bits per heavy atom. The molecule has 1 aromatic carbocycles. The van der Waals surface area contributed by atoms with Gasteiger partial charge in [-0.3, -0.25) is 0 Å². The van der Waals surface area contributed by atoms with Gasteiger partial charge < -0.3 is 14.9 Å². The highest BCUT2D eigenvalue weighted by Crippen LogP contribution is 2.59. The van der Waals surface area contributed by atoms with Crippen molar-refractivity contribution >= 4 is 0 Å². The Balaban J connectivity index is 2.07. The summed E-state index contributed by atoms with van der Waals surface area (Å²) in [4.78, 5) is 0. The first kappa shape index (κ1) is 12.9. The minimum atomic E-state index is -0.961. The van der Waals surface area contributed by atoms with E-state index in [9.17, 15) is 10.2 Å². The maximum Gasteiger partial charge on any atom is 0.124 e. The molecule has 19 heavy (non-hydrogen) atoms. The molecule has 0 radical (unpaired) electrons. The van der Waals surface area contributed by atoms with Gasteiger partial charge in [-0.05, 0) is 37.2 Å². The summed E-state index contributed by atoms with van der Waals surface area (Å²) < 4.78 is 5.40. The highest BCUT2D eigenvalue weighted by molar-refractivity contribution is 5.40. The third kappa shape index (κ3) is 1.87. The highest BCUT2D eigenvalue weighted by atomic mass is 16.5. The molecule has 0 heterocycles. The Hall–Kier alpha value is -1.06. The van der Waals surface area contributed by atoms with E-state index in [2.05, 4.69) is 6.92 Å². The largest absolute Gasteiger partial charge is 0.496 e. The van der Waals surface area contributed by atoms with Gasteiger partial charge in [0.05, 0.1) is 18.8 Å². The molecule has 3 nitrogen and oxygen atoms in total. The van der Waals surface area contributed by atoms with Crippen molar-refractivity contribution in [2.75, 3.05) is 7.11 Å². The summed E-state index contributed by atoms with van der Waals surface area (Å²) in [6.45, 7) is 2.17. The molecule has 0 amide bonds. The molecule has 3 saturated carbocycles. The Morgan fingerprint density at radius 3 is 2.68 bits per heavy atom. The molecular formula is C16H22O3. The summed E-state index contributed by atoms with van der Waals surface area (Å²) in [5, 5.41) is 21.6. The van der Waals surface area contributed by atoms with Crippen LogP contribution in [0.3, 0.4) is 0 Å². The van der Waals surface area contributed by atoms with Gasteiger partial charge in [0.25, 0.3) is 0 Å². The van der Waals surface area contributed by atoms with Crippen molar-refractivity contribution in [3.63, 3.8) is 0 Å². The SMILES string of the molecule is COc1ccccc1[C@@]1(O)C[C@@]2(C)CC[C@@H]1[C@@H](O)C2. The number of aliphatic hydroxyl groups is 2. The second-order valence-electron chi connectivity index (χ2n) is 6.53. The van der Waals surface area contributed by atoms with Gasteiger partial charge in [0.15, 0.2) is 0 Å². The van der Waals surface area contributed by atoms with Crippen LogP contribution in [0.2, 0.25) is 0 Å². The molecule has 1 aromatic rings. The first-order chi connectivity index (χ1) is 8.98. The van der Waals surface area contributed by atoms with Crippen molar-refractivity contribution in [2.45, 2.75) is 44.3 Å². The second-order valence-corrected chi connectivity index (χ2v) is 6.53. The lowest BCUT2D eigenvalue weighted by Crippen LogP contribution is -2.56. The predicted octanol–water partition coefficient (Wildman–Crippen LogP) is 2.45. The van der Waals surface area contributed by atoms with E-state index < -0.39 is 11.7 Å². The van der Waals surface area contributed by atoms with Gasteiger partial charge in [0.1, 0.15) is 5.75 Å². The van der Waals surface area contributed by atoms with Crippen molar-refractivity contribution in [1.29, 1.82) is 0 Å². The average molecular weight is 262 g/mol. The molecular weight excluding hydrogens is 240 g/mol. The maximum atomic E-state index is 11.2. The molecule has 0 aromatic heterocycles. The topological polar surface area (TPSA) is 49.7 Å². The molecule has 0 unspecified atom stereocenters. The number of aliphatic hydroxyl groups excluding tert-OH is 1. The smallest absolute Gasteiger partial charge is 0.124 e. The minimum absolute atomic E-state index is 0.0315.